The number of aromatic nitrogens is 6. The summed E-state index contributed by atoms with van der Waals surface area (Å²) in [6, 6.07) is 0. The molecule has 0 saturated heterocycles. The van der Waals surface area contributed by atoms with Crippen molar-refractivity contribution in [2.24, 2.45) is 0 Å². The van der Waals surface area contributed by atoms with Gasteiger partial charge in [0.1, 0.15) is 22.9 Å². The first-order valence-corrected chi connectivity index (χ1v) is 11.0. The first-order chi connectivity index (χ1) is 15.1. The quantitative estimate of drug-likeness (QED) is 0.515. The molecule has 4 aromatic rings. The Morgan fingerprint density at radius 2 is 2.06 bits per heavy atom. The van der Waals surface area contributed by atoms with Gasteiger partial charge in [-0.1, -0.05) is 0 Å². The molecular formula is C21H22N8OS. The summed E-state index contributed by atoms with van der Waals surface area (Å²) in [4.78, 5) is 34.0. The van der Waals surface area contributed by atoms with Gasteiger partial charge in [-0.15, -0.1) is 11.3 Å². The highest BCUT2D eigenvalue weighted by Crippen LogP contribution is 2.40. The largest absolute Gasteiger partial charge is 0.347 e. The predicted molar refractivity (Wildman–Crippen MR) is 119 cm³/mol. The van der Waals surface area contributed by atoms with E-state index in [4.69, 9.17) is 9.97 Å². The van der Waals surface area contributed by atoms with E-state index in [1.807, 2.05) is 6.20 Å². The monoisotopic (exact) mass is 434 g/mol. The molecule has 4 aromatic heterocycles. The molecule has 0 bridgehead atoms. The fourth-order valence-electron chi connectivity index (χ4n) is 3.71. The molecule has 0 unspecified atom stereocenters. The molecule has 0 radical (unpaired) electrons. The van der Waals surface area contributed by atoms with Gasteiger partial charge in [0.05, 0.1) is 23.5 Å². The molecule has 0 saturated carbocycles. The maximum Gasteiger partial charge on any atom is 0.243 e. The van der Waals surface area contributed by atoms with Crippen molar-refractivity contribution in [1.82, 2.24) is 34.6 Å². The fourth-order valence-corrected chi connectivity index (χ4v) is 4.97. The summed E-state index contributed by atoms with van der Waals surface area (Å²) in [6.45, 7) is 0.187. The molecule has 1 amide bonds. The lowest BCUT2D eigenvalue weighted by atomic mass is 9.97. The van der Waals surface area contributed by atoms with Crippen molar-refractivity contribution in [3.8, 4) is 11.5 Å². The molecule has 10 heteroatoms. The van der Waals surface area contributed by atoms with Gasteiger partial charge in [0.25, 0.3) is 0 Å². The lowest BCUT2D eigenvalue weighted by Gasteiger charge is -2.12. The Labute approximate surface area is 183 Å². The number of aryl methyl sites for hydroxylation is 2. The third kappa shape index (κ3) is 3.86. The Morgan fingerprint density at radius 3 is 2.87 bits per heavy atom. The van der Waals surface area contributed by atoms with Crippen molar-refractivity contribution in [1.29, 1.82) is 0 Å². The summed E-state index contributed by atoms with van der Waals surface area (Å²) >= 11 is 1.74. The second kappa shape index (κ2) is 8.03. The molecule has 158 valence electrons. The molecule has 1 N–H and O–H groups in total. The van der Waals surface area contributed by atoms with E-state index in [0.717, 1.165) is 34.6 Å². The van der Waals surface area contributed by atoms with Crippen LogP contribution in [0.15, 0.2) is 31.0 Å². The fraction of sp³-hybridized carbons (Fsp3) is 0.333. The van der Waals surface area contributed by atoms with Crippen LogP contribution in [0.5, 0.6) is 0 Å². The smallest absolute Gasteiger partial charge is 0.243 e. The number of anilines is 2. The first kappa shape index (κ1) is 19.6. The Kier molecular flexibility index (Phi) is 5.06. The minimum Gasteiger partial charge on any atom is -0.347 e. The van der Waals surface area contributed by atoms with Gasteiger partial charge in [-0.25, -0.2) is 15.0 Å². The topological polar surface area (TPSA) is 102 Å². The molecule has 4 heterocycles. The molecule has 0 aliphatic heterocycles. The van der Waals surface area contributed by atoms with E-state index >= 15 is 0 Å². The van der Waals surface area contributed by atoms with Crippen molar-refractivity contribution < 1.29 is 4.79 Å². The van der Waals surface area contributed by atoms with Gasteiger partial charge >= 0.3 is 0 Å². The van der Waals surface area contributed by atoms with Crippen LogP contribution >= 0.6 is 11.3 Å². The van der Waals surface area contributed by atoms with Crippen LogP contribution in [0.2, 0.25) is 0 Å². The van der Waals surface area contributed by atoms with E-state index in [9.17, 15) is 4.79 Å². The molecule has 1 aliphatic rings. The molecule has 9 nitrogen and oxygen atoms in total. The van der Waals surface area contributed by atoms with Crippen LogP contribution in [0, 0.1) is 0 Å². The Balaban J connectivity index is 1.56. The molecular weight excluding hydrogens is 412 g/mol. The molecule has 31 heavy (non-hydrogen) atoms. The minimum absolute atomic E-state index is 0.0177. The summed E-state index contributed by atoms with van der Waals surface area (Å²) in [7, 11) is 3.46. The zero-order valence-electron chi connectivity index (χ0n) is 17.4. The summed E-state index contributed by atoms with van der Waals surface area (Å²) in [5.74, 6) is 1.26. The van der Waals surface area contributed by atoms with E-state index in [-0.39, 0.29) is 12.5 Å². The van der Waals surface area contributed by atoms with E-state index in [1.54, 1.807) is 59.8 Å². The first-order valence-electron chi connectivity index (χ1n) is 10.2. The number of fused-ring (bicyclic) bond motifs is 3. The Morgan fingerprint density at radius 1 is 1.19 bits per heavy atom. The van der Waals surface area contributed by atoms with Crippen LogP contribution in [-0.4, -0.2) is 54.6 Å². The van der Waals surface area contributed by atoms with Crippen molar-refractivity contribution in [3.63, 3.8) is 0 Å². The van der Waals surface area contributed by atoms with E-state index in [2.05, 4.69) is 20.4 Å². The van der Waals surface area contributed by atoms with Crippen molar-refractivity contribution in [2.75, 3.05) is 19.4 Å². The van der Waals surface area contributed by atoms with Gasteiger partial charge in [-0.2, -0.15) is 5.10 Å². The number of carbonyl (C=O) groups is 1. The van der Waals surface area contributed by atoms with Crippen molar-refractivity contribution >= 4 is 39.0 Å². The third-order valence-corrected chi connectivity index (χ3v) is 6.48. The van der Waals surface area contributed by atoms with Crippen LogP contribution in [0.4, 0.5) is 11.5 Å². The number of hydrogen-bond donors (Lipinski definition) is 1. The molecule has 5 rings (SSSR count). The number of thiophene rings is 1. The molecule has 0 atom stereocenters. The number of carbonyl (C=O) groups excluding carboxylic acids is 1. The van der Waals surface area contributed by atoms with Gasteiger partial charge < -0.3 is 10.2 Å². The lowest BCUT2D eigenvalue weighted by molar-refractivity contribution is -0.129. The average molecular weight is 435 g/mol. The SMILES string of the molecule is CN(C)C(=O)Cn1cc(Nc2nc(-c3cnccn3)nc3sc4c(c23)CCCC4)cn1. The highest BCUT2D eigenvalue weighted by Gasteiger charge is 2.22. The maximum absolute atomic E-state index is 12.0. The van der Waals surface area contributed by atoms with Crippen LogP contribution in [0.25, 0.3) is 21.7 Å². The second-order valence-corrected chi connectivity index (χ2v) is 8.80. The summed E-state index contributed by atoms with van der Waals surface area (Å²) in [5, 5.41) is 8.80. The predicted octanol–water partition coefficient (Wildman–Crippen LogP) is 3.06. The van der Waals surface area contributed by atoms with Crippen molar-refractivity contribution in [2.45, 2.75) is 32.2 Å². The number of likely N-dealkylation sites (N-methyl/N-ethyl adjacent to an activating group) is 1. The Hall–Kier alpha value is -3.40. The number of nitrogens with zero attached hydrogens (tertiary/aromatic N) is 7. The zero-order chi connectivity index (χ0) is 21.4. The molecule has 1 aliphatic carbocycles. The van der Waals surface area contributed by atoms with Gasteiger partial charge in [-0.05, 0) is 31.2 Å². The highest BCUT2D eigenvalue weighted by molar-refractivity contribution is 7.19. The average Bonchev–Trinajstić information content (AvgIpc) is 3.38. The van der Waals surface area contributed by atoms with Crippen LogP contribution in [0.3, 0.4) is 0 Å². The maximum atomic E-state index is 12.0. The normalized spacial score (nSPS) is 13.2. The summed E-state index contributed by atoms with van der Waals surface area (Å²) in [5.41, 5.74) is 2.74. The van der Waals surface area contributed by atoms with Gasteiger partial charge in [0.2, 0.25) is 5.91 Å². The third-order valence-electron chi connectivity index (χ3n) is 5.30. The van der Waals surface area contributed by atoms with Crippen LogP contribution < -0.4 is 5.32 Å². The lowest BCUT2D eigenvalue weighted by Crippen LogP contribution is -2.26. The summed E-state index contributed by atoms with van der Waals surface area (Å²) in [6.07, 6.45) is 13.0. The van der Waals surface area contributed by atoms with E-state index < -0.39 is 0 Å². The molecule has 0 fully saturated rings. The molecule has 0 aromatic carbocycles. The standard InChI is InChI=1S/C21H22N8OS/c1-28(2)17(30)12-29-11-13(9-24-29)25-20-18-14-5-3-4-6-16(14)31-21(18)27-19(26-20)15-10-22-7-8-23-15/h7-11H,3-6,12H2,1-2H3,(H,25,26,27). The number of nitrogens with one attached hydrogen (secondary N) is 1. The highest BCUT2D eigenvalue weighted by atomic mass is 32.1. The van der Waals surface area contributed by atoms with E-state index in [0.29, 0.717) is 11.5 Å². The summed E-state index contributed by atoms with van der Waals surface area (Å²) < 4.78 is 1.62. The van der Waals surface area contributed by atoms with Gasteiger partial charge in [-0.3, -0.25) is 14.5 Å². The number of amides is 1. The number of rotatable bonds is 5. The zero-order valence-corrected chi connectivity index (χ0v) is 18.2. The molecule has 0 spiro atoms. The van der Waals surface area contributed by atoms with E-state index in [1.165, 1.54) is 23.3 Å². The number of hydrogen-bond acceptors (Lipinski definition) is 8. The van der Waals surface area contributed by atoms with Crippen LogP contribution in [0.1, 0.15) is 23.3 Å². The van der Waals surface area contributed by atoms with Gasteiger partial charge in [0, 0.05) is 37.6 Å². The van der Waals surface area contributed by atoms with Crippen LogP contribution in [-0.2, 0) is 24.2 Å². The second-order valence-electron chi connectivity index (χ2n) is 7.72. The van der Waals surface area contributed by atoms with Crippen molar-refractivity contribution in [3.05, 3.63) is 41.4 Å². The van der Waals surface area contributed by atoms with Gasteiger partial charge in [0.15, 0.2) is 5.82 Å². The Bertz CT molecular complexity index is 1250. The minimum atomic E-state index is -0.0177.